The highest BCUT2D eigenvalue weighted by atomic mass is 32.2. The van der Waals surface area contributed by atoms with Crippen LogP contribution in [0.15, 0.2) is 0 Å². The van der Waals surface area contributed by atoms with Gasteiger partial charge in [0.05, 0.1) is 12.4 Å². The smallest absolute Gasteiger partial charge is 0.215 e. The van der Waals surface area contributed by atoms with Crippen molar-refractivity contribution in [1.29, 1.82) is 0 Å². The molecule has 0 unspecified atom stereocenters. The van der Waals surface area contributed by atoms with Gasteiger partial charge in [-0.2, -0.15) is 4.31 Å². The number of rotatable bonds is 9. The molecule has 0 amide bonds. The van der Waals surface area contributed by atoms with E-state index in [1.165, 1.54) is 4.31 Å². The molecule has 0 aromatic rings. The first-order valence-electron chi connectivity index (χ1n) is 5.64. The van der Waals surface area contributed by atoms with Crippen molar-refractivity contribution in [2.24, 2.45) is 0 Å². The number of likely N-dealkylation sites (N-methyl/N-ethyl adjacent to an activating group) is 1. The molecule has 0 aliphatic carbocycles. The third-order valence-electron chi connectivity index (χ3n) is 2.20. The third-order valence-corrected chi connectivity index (χ3v) is 4.15. The van der Waals surface area contributed by atoms with E-state index in [1.54, 1.807) is 7.11 Å². The van der Waals surface area contributed by atoms with Gasteiger partial charge in [-0.25, -0.2) is 8.42 Å². The van der Waals surface area contributed by atoms with Crippen LogP contribution >= 0.6 is 0 Å². The van der Waals surface area contributed by atoms with E-state index < -0.39 is 10.0 Å². The summed E-state index contributed by atoms with van der Waals surface area (Å²) in [7, 11) is -1.58. The molecule has 5 nitrogen and oxygen atoms in total. The number of methoxy groups -OCH3 is 1. The normalized spacial score (nSPS) is 12.6. The topological polar surface area (TPSA) is 58.6 Å². The summed E-state index contributed by atoms with van der Waals surface area (Å²) >= 11 is 0. The van der Waals surface area contributed by atoms with Crippen LogP contribution in [-0.2, 0) is 14.8 Å². The average molecular weight is 252 g/mol. The van der Waals surface area contributed by atoms with Crippen LogP contribution in [0.1, 0.15) is 20.8 Å². The lowest BCUT2D eigenvalue weighted by Crippen LogP contribution is -2.39. The van der Waals surface area contributed by atoms with Crippen LogP contribution in [0.25, 0.3) is 0 Å². The van der Waals surface area contributed by atoms with Crippen molar-refractivity contribution in [2.45, 2.75) is 26.8 Å². The fourth-order valence-corrected chi connectivity index (χ4v) is 2.67. The lowest BCUT2D eigenvalue weighted by Gasteiger charge is -2.20. The van der Waals surface area contributed by atoms with E-state index in [9.17, 15) is 8.42 Å². The predicted octanol–water partition coefficient (Wildman–Crippen LogP) is 0.283. The van der Waals surface area contributed by atoms with Crippen LogP contribution in [-0.4, -0.2) is 57.9 Å². The molecule has 0 aliphatic heterocycles. The van der Waals surface area contributed by atoms with Gasteiger partial charge in [0.25, 0.3) is 0 Å². The molecule has 0 atom stereocenters. The predicted molar refractivity (Wildman–Crippen MR) is 66.0 cm³/mol. The van der Waals surface area contributed by atoms with E-state index in [0.717, 1.165) is 0 Å². The molecule has 0 aliphatic rings. The Kier molecular flexibility index (Phi) is 7.91. The van der Waals surface area contributed by atoms with Crippen molar-refractivity contribution in [3.05, 3.63) is 0 Å². The summed E-state index contributed by atoms with van der Waals surface area (Å²) in [5, 5.41) is 3.10. The quantitative estimate of drug-likeness (QED) is 0.640. The summed E-state index contributed by atoms with van der Waals surface area (Å²) in [6.07, 6.45) is 0. The zero-order chi connectivity index (χ0) is 12.6. The minimum Gasteiger partial charge on any atom is -0.383 e. The molecule has 0 radical (unpaired) electrons. The zero-order valence-corrected chi connectivity index (χ0v) is 11.5. The van der Waals surface area contributed by atoms with Gasteiger partial charge in [0.1, 0.15) is 0 Å². The number of nitrogens with zero attached hydrogens (tertiary/aromatic N) is 1. The average Bonchev–Trinajstić information content (AvgIpc) is 2.17. The minimum absolute atomic E-state index is 0.142. The second-order valence-electron chi connectivity index (χ2n) is 3.91. The zero-order valence-electron chi connectivity index (χ0n) is 10.7. The van der Waals surface area contributed by atoms with Gasteiger partial charge in [-0.1, -0.05) is 20.8 Å². The van der Waals surface area contributed by atoms with Gasteiger partial charge in [-0.05, 0) is 0 Å². The molecule has 0 saturated carbocycles. The second-order valence-corrected chi connectivity index (χ2v) is 6.00. The fourth-order valence-electron chi connectivity index (χ4n) is 1.29. The number of nitrogens with one attached hydrogen (secondary N) is 1. The van der Waals surface area contributed by atoms with Crippen LogP contribution < -0.4 is 5.32 Å². The van der Waals surface area contributed by atoms with Crippen LogP contribution in [0.3, 0.4) is 0 Å². The van der Waals surface area contributed by atoms with Crippen LogP contribution in [0.5, 0.6) is 0 Å². The Labute approximate surface area is 99.2 Å². The molecule has 0 spiro atoms. The Morgan fingerprint density at radius 3 is 2.44 bits per heavy atom. The summed E-state index contributed by atoms with van der Waals surface area (Å²) in [5.74, 6) is 0.142. The van der Waals surface area contributed by atoms with E-state index in [2.05, 4.69) is 5.32 Å². The summed E-state index contributed by atoms with van der Waals surface area (Å²) in [6.45, 7) is 7.67. The van der Waals surface area contributed by atoms with Gasteiger partial charge in [-0.3, -0.25) is 0 Å². The van der Waals surface area contributed by atoms with E-state index in [0.29, 0.717) is 32.3 Å². The van der Waals surface area contributed by atoms with Gasteiger partial charge >= 0.3 is 0 Å². The second kappa shape index (κ2) is 8.00. The number of sulfonamides is 1. The maximum atomic E-state index is 11.9. The Morgan fingerprint density at radius 2 is 2.00 bits per heavy atom. The summed E-state index contributed by atoms with van der Waals surface area (Å²) < 4.78 is 30.1. The summed E-state index contributed by atoms with van der Waals surface area (Å²) in [5.41, 5.74) is 0. The van der Waals surface area contributed by atoms with E-state index in [4.69, 9.17) is 4.74 Å². The molecule has 0 aromatic carbocycles. The van der Waals surface area contributed by atoms with Crippen molar-refractivity contribution in [2.75, 3.05) is 39.1 Å². The number of hydrogen-bond acceptors (Lipinski definition) is 4. The van der Waals surface area contributed by atoms with Gasteiger partial charge < -0.3 is 10.1 Å². The maximum Gasteiger partial charge on any atom is 0.215 e. The van der Waals surface area contributed by atoms with Gasteiger partial charge in [0.2, 0.25) is 10.0 Å². The molecule has 0 fully saturated rings. The van der Waals surface area contributed by atoms with Crippen molar-refractivity contribution in [1.82, 2.24) is 9.62 Å². The molecule has 6 heteroatoms. The molecule has 0 rings (SSSR count). The van der Waals surface area contributed by atoms with E-state index >= 15 is 0 Å². The number of hydrogen-bond donors (Lipinski definition) is 1. The summed E-state index contributed by atoms with van der Waals surface area (Å²) in [4.78, 5) is 0. The first-order valence-corrected chi connectivity index (χ1v) is 7.25. The van der Waals surface area contributed by atoms with E-state index in [-0.39, 0.29) is 5.75 Å². The van der Waals surface area contributed by atoms with Crippen molar-refractivity contribution in [3.63, 3.8) is 0 Å². The first kappa shape index (κ1) is 15.8. The van der Waals surface area contributed by atoms with Crippen molar-refractivity contribution in [3.8, 4) is 0 Å². The fraction of sp³-hybridized carbons (Fsp3) is 1.00. The Morgan fingerprint density at radius 1 is 1.38 bits per heavy atom. The molecule has 0 saturated heterocycles. The molecular formula is C10H24N2O3S. The van der Waals surface area contributed by atoms with Crippen LogP contribution in [0.2, 0.25) is 0 Å². The maximum absolute atomic E-state index is 11.9. The number of ether oxygens (including phenoxy) is 1. The monoisotopic (exact) mass is 252 g/mol. The molecule has 16 heavy (non-hydrogen) atoms. The molecule has 0 bridgehead atoms. The van der Waals surface area contributed by atoms with Gasteiger partial charge in [-0.15, -0.1) is 0 Å². The Hall–Kier alpha value is -0.170. The highest BCUT2D eigenvalue weighted by Gasteiger charge is 2.19. The highest BCUT2D eigenvalue weighted by Crippen LogP contribution is 2.00. The molecule has 0 aromatic heterocycles. The summed E-state index contributed by atoms with van der Waals surface area (Å²) in [6, 6.07) is 0.309. The van der Waals surface area contributed by atoms with Gasteiger partial charge in [0.15, 0.2) is 0 Å². The molecular weight excluding hydrogens is 228 g/mol. The van der Waals surface area contributed by atoms with Crippen LogP contribution in [0.4, 0.5) is 0 Å². The van der Waals surface area contributed by atoms with E-state index in [1.807, 2.05) is 20.8 Å². The lowest BCUT2D eigenvalue weighted by molar-refractivity contribution is 0.180. The lowest BCUT2D eigenvalue weighted by atomic mass is 10.4. The first-order chi connectivity index (χ1) is 7.44. The van der Waals surface area contributed by atoms with Crippen molar-refractivity contribution < 1.29 is 13.2 Å². The standard InChI is InChI=1S/C10H24N2O3S/c1-5-12(7-8-15-4)16(13,14)9-6-11-10(2)3/h10-11H,5-9H2,1-4H3. The van der Waals surface area contributed by atoms with Crippen molar-refractivity contribution >= 4 is 10.0 Å². The molecule has 98 valence electrons. The molecule has 0 heterocycles. The van der Waals surface area contributed by atoms with Gasteiger partial charge in [0, 0.05) is 32.8 Å². The highest BCUT2D eigenvalue weighted by molar-refractivity contribution is 7.89. The Bertz CT molecular complexity index is 265. The Balaban J connectivity index is 4.15. The minimum atomic E-state index is -3.15. The SMILES string of the molecule is CCN(CCOC)S(=O)(=O)CCNC(C)C. The van der Waals surface area contributed by atoms with Crippen LogP contribution in [0, 0.1) is 0 Å². The molecule has 1 N–H and O–H groups in total. The largest absolute Gasteiger partial charge is 0.383 e. The third kappa shape index (κ3) is 6.42.